The molecule has 0 saturated carbocycles. The van der Waals surface area contributed by atoms with Crippen LogP contribution in [0.25, 0.3) is 0 Å². The average Bonchev–Trinajstić information content (AvgIpc) is 2.43. The van der Waals surface area contributed by atoms with E-state index in [4.69, 9.17) is 11.6 Å². The second-order valence-electron chi connectivity index (χ2n) is 4.62. The Labute approximate surface area is 132 Å². The number of amides is 1. The minimum absolute atomic E-state index is 0.0606. The Morgan fingerprint density at radius 1 is 1.20 bits per heavy atom. The van der Waals surface area contributed by atoms with E-state index in [1.54, 1.807) is 0 Å². The summed E-state index contributed by atoms with van der Waals surface area (Å²) in [6.07, 6.45) is 0.784. The van der Waals surface area contributed by atoms with Crippen LogP contribution in [0.2, 0.25) is 5.02 Å². The second-order valence-corrected chi connectivity index (χ2v) is 5.91. The van der Waals surface area contributed by atoms with E-state index in [0.29, 0.717) is 12.1 Å². The molecule has 0 unspecified atom stereocenters. The molecule has 0 fully saturated rings. The van der Waals surface area contributed by atoms with Gasteiger partial charge in [-0.3, -0.25) is 4.79 Å². The third kappa shape index (κ3) is 4.09. The van der Waals surface area contributed by atoms with Crippen molar-refractivity contribution in [1.82, 2.24) is 5.32 Å². The zero-order chi connectivity index (χ0) is 14.5. The van der Waals surface area contributed by atoms with Crippen molar-refractivity contribution in [3.63, 3.8) is 0 Å². The lowest BCUT2D eigenvalue weighted by Crippen LogP contribution is -2.26. The molecule has 0 spiro atoms. The molecule has 0 saturated heterocycles. The Morgan fingerprint density at radius 2 is 1.90 bits per heavy atom. The summed E-state index contributed by atoms with van der Waals surface area (Å²) in [4.78, 5) is 12.1. The predicted molar refractivity (Wildman–Crippen MR) is 86.4 cm³/mol. The highest BCUT2D eigenvalue weighted by Crippen LogP contribution is 2.18. The van der Waals surface area contributed by atoms with Crippen molar-refractivity contribution in [2.45, 2.75) is 13.3 Å². The van der Waals surface area contributed by atoms with Crippen LogP contribution in [0.15, 0.2) is 46.9 Å². The number of carbonyl (C=O) groups excluding carboxylic acids is 1. The van der Waals surface area contributed by atoms with Gasteiger partial charge in [-0.15, -0.1) is 0 Å². The van der Waals surface area contributed by atoms with Crippen LogP contribution in [0, 0.1) is 6.92 Å². The number of benzene rings is 2. The summed E-state index contributed by atoms with van der Waals surface area (Å²) in [5.41, 5.74) is 2.88. The van der Waals surface area contributed by atoms with Gasteiger partial charge in [-0.2, -0.15) is 0 Å². The van der Waals surface area contributed by atoms with E-state index in [2.05, 4.69) is 21.2 Å². The smallest absolute Gasteiger partial charge is 0.252 e. The normalized spacial score (nSPS) is 10.3. The number of rotatable bonds is 4. The molecular weight excluding hydrogens is 338 g/mol. The maximum Gasteiger partial charge on any atom is 0.252 e. The third-order valence-electron chi connectivity index (χ3n) is 2.98. The Balaban J connectivity index is 1.92. The molecule has 104 valence electrons. The maximum atomic E-state index is 12.1. The fourth-order valence-electron chi connectivity index (χ4n) is 1.88. The number of hydrogen-bond acceptors (Lipinski definition) is 1. The molecule has 2 aromatic rings. The molecule has 0 aliphatic carbocycles. The molecule has 4 heteroatoms. The van der Waals surface area contributed by atoms with Crippen molar-refractivity contribution in [1.29, 1.82) is 0 Å². The molecule has 2 aromatic carbocycles. The Morgan fingerprint density at radius 3 is 2.60 bits per heavy atom. The third-order valence-corrected chi connectivity index (χ3v) is 3.92. The highest BCUT2D eigenvalue weighted by Gasteiger charge is 2.09. The molecule has 20 heavy (non-hydrogen) atoms. The van der Waals surface area contributed by atoms with Crippen LogP contribution in [-0.2, 0) is 6.42 Å². The van der Waals surface area contributed by atoms with Crippen molar-refractivity contribution >= 4 is 33.4 Å². The molecule has 0 bridgehead atoms. The fourth-order valence-corrected chi connectivity index (χ4v) is 2.43. The lowest BCUT2D eigenvalue weighted by molar-refractivity contribution is 0.0953. The van der Waals surface area contributed by atoms with E-state index in [9.17, 15) is 4.79 Å². The van der Waals surface area contributed by atoms with Crippen LogP contribution in [0.4, 0.5) is 0 Å². The van der Waals surface area contributed by atoms with E-state index in [1.807, 2.05) is 49.4 Å². The average molecular weight is 353 g/mol. The first kappa shape index (κ1) is 15.1. The summed E-state index contributed by atoms with van der Waals surface area (Å²) < 4.78 is 0.812. The van der Waals surface area contributed by atoms with Gasteiger partial charge in [0.1, 0.15) is 0 Å². The van der Waals surface area contributed by atoms with Gasteiger partial charge in [0.15, 0.2) is 0 Å². The summed E-state index contributed by atoms with van der Waals surface area (Å²) in [6.45, 7) is 2.57. The molecule has 0 aromatic heterocycles. The first-order valence-electron chi connectivity index (χ1n) is 6.35. The van der Waals surface area contributed by atoms with Crippen LogP contribution in [0.3, 0.4) is 0 Å². The molecule has 0 aliphatic heterocycles. The summed E-state index contributed by atoms with van der Waals surface area (Å²) in [5, 5.41) is 3.65. The molecule has 0 atom stereocenters. The van der Waals surface area contributed by atoms with Crippen LogP contribution in [0.1, 0.15) is 21.5 Å². The number of aryl methyl sites for hydroxylation is 1. The lowest BCUT2D eigenvalue weighted by Gasteiger charge is -2.08. The zero-order valence-corrected chi connectivity index (χ0v) is 13.5. The van der Waals surface area contributed by atoms with Crippen molar-refractivity contribution in [3.05, 3.63) is 68.7 Å². The molecule has 1 amide bonds. The molecule has 0 heterocycles. The predicted octanol–water partition coefficient (Wildman–Crippen LogP) is 4.38. The van der Waals surface area contributed by atoms with E-state index in [-0.39, 0.29) is 5.91 Å². The van der Waals surface area contributed by atoms with Gasteiger partial charge in [-0.05, 0) is 59.1 Å². The van der Waals surface area contributed by atoms with Gasteiger partial charge in [0, 0.05) is 16.0 Å². The van der Waals surface area contributed by atoms with Gasteiger partial charge in [0.25, 0.3) is 5.91 Å². The van der Waals surface area contributed by atoms with Crippen LogP contribution < -0.4 is 5.32 Å². The maximum absolute atomic E-state index is 12.1. The quantitative estimate of drug-likeness (QED) is 0.869. The molecule has 0 aliphatic rings. The Hall–Kier alpha value is -1.32. The first-order valence-corrected chi connectivity index (χ1v) is 7.52. The van der Waals surface area contributed by atoms with Gasteiger partial charge in [-0.25, -0.2) is 0 Å². The van der Waals surface area contributed by atoms with Crippen LogP contribution in [-0.4, -0.2) is 12.5 Å². The zero-order valence-electron chi connectivity index (χ0n) is 11.1. The van der Waals surface area contributed by atoms with Gasteiger partial charge in [-0.1, -0.05) is 35.4 Å². The number of nitrogens with one attached hydrogen (secondary N) is 1. The Bertz CT molecular complexity index is 610. The minimum Gasteiger partial charge on any atom is -0.352 e. The summed E-state index contributed by atoms with van der Waals surface area (Å²) in [6, 6.07) is 13.4. The standard InChI is InChI=1S/C16H15BrClNO/c1-11-2-7-15(17)14(10-11)16(20)19-9-8-12-3-5-13(18)6-4-12/h2-7,10H,8-9H2,1H3,(H,19,20). The molecular formula is C16H15BrClNO. The molecule has 2 rings (SSSR count). The van der Waals surface area contributed by atoms with Crippen LogP contribution in [0.5, 0.6) is 0 Å². The topological polar surface area (TPSA) is 29.1 Å². The minimum atomic E-state index is -0.0606. The van der Waals surface area contributed by atoms with Crippen LogP contribution >= 0.6 is 27.5 Å². The van der Waals surface area contributed by atoms with E-state index >= 15 is 0 Å². The van der Waals surface area contributed by atoms with Gasteiger partial charge in [0.2, 0.25) is 0 Å². The van der Waals surface area contributed by atoms with Crippen molar-refractivity contribution in [2.24, 2.45) is 0 Å². The van der Waals surface area contributed by atoms with Gasteiger partial charge >= 0.3 is 0 Å². The summed E-state index contributed by atoms with van der Waals surface area (Å²) in [5.74, 6) is -0.0606. The largest absolute Gasteiger partial charge is 0.352 e. The van der Waals surface area contributed by atoms with E-state index in [0.717, 1.165) is 27.0 Å². The number of carbonyl (C=O) groups is 1. The van der Waals surface area contributed by atoms with E-state index in [1.165, 1.54) is 0 Å². The van der Waals surface area contributed by atoms with Gasteiger partial charge in [0.05, 0.1) is 5.56 Å². The lowest BCUT2D eigenvalue weighted by atomic mass is 10.1. The molecule has 2 nitrogen and oxygen atoms in total. The van der Waals surface area contributed by atoms with E-state index < -0.39 is 0 Å². The van der Waals surface area contributed by atoms with Gasteiger partial charge < -0.3 is 5.32 Å². The number of hydrogen-bond donors (Lipinski definition) is 1. The van der Waals surface area contributed by atoms with Crippen molar-refractivity contribution < 1.29 is 4.79 Å². The molecule has 1 N–H and O–H groups in total. The molecule has 0 radical (unpaired) electrons. The van der Waals surface area contributed by atoms with Crippen molar-refractivity contribution in [2.75, 3.05) is 6.54 Å². The highest BCUT2D eigenvalue weighted by molar-refractivity contribution is 9.10. The highest BCUT2D eigenvalue weighted by atomic mass is 79.9. The summed E-state index contributed by atoms with van der Waals surface area (Å²) in [7, 11) is 0. The first-order chi connectivity index (χ1) is 9.56. The summed E-state index contributed by atoms with van der Waals surface area (Å²) >= 11 is 9.23. The number of halogens is 2. The fraction of sp³-hybridized carbons (Fsp3) is 0.188. The monoisotopic (exact) mass is 351 g/mol. The van der Waals surface area contributed by atoms with Crippen molar-refractivity contribution in [3.8, 4) is 0 Å². The Kier molecular flexibility index (Phi) is 5.21. The SMILES string of the molecule is Cc1ccc(Br)c(C(=O)NCCc2ccc(Cl)cc2)c1. The second kappa shape index (κ2) is 6.91.